The fourth-order valence-electron chi connectivity index (χ4n) is 1.24. The maximum absolute atomic E-state index is 11.1. The minimum atomic E-state index is -0.965. The normalized spacial score (nSPS) is 19.1. The van der Waals surface area contributed by atoms with Gasteiger partial charge in [-0.3, -0.25) is 4.79 Å². The molecule has 1 amide bonds. The van der Waals surface area contributed by atoms with Crippen molar-refractivity contribution >= 4 is 27.9 Å². The summed E-state index contributed by atoms with van der Waals surface area (Å²) in [5, 5.41) is 9.62. The summed E-state index contributed by atoms with van der Waals surface area (Å²) in [7, 11) is -0.965. The molecule has 0 saturated heterocycles. The zero-order valence-corrected chi connectivity index (χ0v) is 7.99. The number of amides is 1. The van der Waals surface area contributed by atoms with Crippen LogP contribution in [-0.4, -0.2) is 16.6 Å². The summed E-state index contributed by atoms with van der Waals surface area (Å²) in [4.78, 5) is 11.1. The maximum Gasteiger partial charge on any atom is 0.292 e. The topological polar surface area (TPSA) is 75.7 Å². The Bertz CT molecular complexity index is 548. The Morgan fingerprint density at radius 1 is 1.43 bits per heavy atom. The van der Waals surface area contributed by atoms with Crippen LogP contribution in [0.5, 0.6) is 0 Å². The first-order valence-corrected chi connectivity index (χ1v) is 5.11. The maximum atomic E-state index is 11.1. The first kappa shape index (κ1) is 8.96. The van der Waals surface area contributed by atoms with E-state index in [-0.39, 0.29) is 5.76 Å². The molecular formula is C9H8N2O2S. The first-order chi connectivity index (χ1) is 6.70. The Balaban J connectivity index is 2.97. The molecule has 5 heteroatoms. The minimum Gasteiger partial charge on any atom is -0.506 e. The van der Waals surface area contributed by atoms with Crippen molar-refractivity contribution in [3.8, 4) is 0 Å². The molecule has 0 aliphatic carbocycles. The van der Waals surface area contributed by atoms with E-state index < -0.39 is 15.9 Å². The lowest BCUT2D eigenvalue weighted by Gasteiger charge is -2.04. The number of nitrogens with zero attached hydrogens (tertiary/aromatic N) is 1. The molecule has 1 aromatic rings. The highest BCUT2D eigenvalue weighted by Crippen LogP contribution is 2.19. The SMILES string of the molecule is NC(=O)S1=c2ccccc2=C(O)C=N1. The van der Waals surface area contributed by atoms with Gasteiger partial charge >= 0.3 is 0 Å². The van der Waals surface area contributed by atoms with Crippen LogP contribution >= 0.6 is 10.7 Å². The van der Waals surface area contributed by atoms with Crippen molar-refractivity contribution in [3.05, 3.63) is 34.0 Å². The van der Waals surface area contributed by atoms with E-state index >= 15 is 0 Å². The predicted molar refractivity (Wildman–Crippen MR) is 56.6 cm³/mol. The molecular weight excluding hydrogens is 200 g/mol. The first-order valence-electron chi connectivity index (χ1n) is 3.93. The molecule has 1 atom stereocenters. The number of carbonyl (C=O) groups is 1. The summed E-state index contributed by atoms with van der Waals surface area (Å²) in [6.45, 7) is 0. The van der Waals surface area contributed by atoms with Crippen LogP contribution in [0, 0.1) is 4.51 Å². The standard InChI is InChI=1S/C9H8N2O2S/c10-9(13)14-8-4-2-1-3-6(8)7(12)5-11-14/h1-5,12H,(H2,10,13). The van der Waals surface area contributed by atoms with Gasteiger partial charge in [-0.2, -0.15) is 0 Å². The van der Waals surface area contributed by atoms with Gasteiger partial charge in [-0.15, -0.1) is 0 Å². The number of rotatable bonds is 0. The van der Waals surface area contributed by atoms with Crippen molar-refractivity contribution in [2.24, 2.45) is 10.1 Å². The summed E-state index contributed by atoms with van der Waals surface area (Å²) >= 11 is 0. The lowest BCUT2D eigenvalue weighted by atomic mass is 10.3. The summed E-state index contributed by atoms with van der Waals surface area (Å²) in [5.74, 6) is 0.0746. The van der Waals surface area contributed by atoms with Crippen molar-refractivity contribution in [3.63, 3.8) is 0 Å². The Morgan fingerprint density at radius 3 is 2.86 bits per heavy atom. The summed E-state index contributed by atoms with van der Waals surface area (Å²) in [6.07, 6.45) is 1.27. The summed E-state index contributed by atoms with van der Waals surface area (Å²) < 4.78 is 4.57. The highest BCUT2D eigenvalue weighted by atomic mass is 32.2. The largest absolute Gasteiger partial charge is 0.506 e. The molecule has 0 fully saturated rings. The van der Waals surface area contributed by atoms with Crippen molar-refractivity contribution in [1.29, 1.82) is 0 Å². The Labute approximate surface area is 82.5 Å². The molecule has 1 heterocycles. The molecule has 1 aliphatic heterocycles. The molecule has 1 aromatic carbocycles. The van der Waals surface area contributed by atoms with Crippen molar-refractivity contribution in [2.45, 2.75) is 0 Å². The Morgan fingerprint density at radius 2 is 2.14 bits per heavy atom. The molecule has 4 nitrogen and oxygen atoms in total. The Kier molecular flexibility index (Phi) is 2.09. The average molecular weight is 208 g/mol. The monoisotopic (exact) mass is 208 g/mol. The quantitative estimate of drug-likeness (QED) is 0.623. The van der Waals surface area contributed by atoms with Crippen LogP contribution in [-0.2, 0) is 0 Å². The van der Waals surface area contributed by atoms with Gasteiger partial charge in [0.25, 0.3) is 5.24 Å². The number of carbonyl (C=O) groups excluding carboxylic acids is 1. The lowest BCUT2D eigenvalue weighted by Crippen LogP contribution is -2.15. The van der Waals surface area contributed by atoms with Gasteiger partial charge in [0.05, 0.1) is 6.21 Å². The van der Waals surface area contributed by atoms with Crippen LogP contribution in [0.3, 0.4) is 0 Å². The van der Waals surface area contributed by atoms with Crippen LogP contribution in [0.1, 0.15) is 0 Å². The van der Waals surface area contributed by atoms with Crippen molar-refractivity contribution in [2.75, 3.05) is 0 Å². The zero-order valence-electron chi connectivity index (χ0n) is 7.18. The second kappa shape index (κ2) is 3.26. The number of aliphatic hydroxyl groups excluding tert-OH is 1. The molecule has 2 rings (SSSR count). The fourth-order valence-corrected chi connectivity index (χ4v) is 2.46. The van der Waals surface area contributed by atoms with E-state index in [2.05, 4.69) is 4.40 Å². The van der Waals surface area contributed by atoms with E-state index in [1.807, 2.05) is 0 Å². The number of benzene rings is 1. The third-order valence-electron chi connectivity index (χ3n) is 1.84. The number of hydrogen-bond donors (Lipinski definition) is 2. The molecule has 0 bridgehead atoms. The van der Waals surface area contributed by atoms with Crippen LogP contribution in [0.4, 0.5) is 4.79 Å². The average Bonchev–Trinajstić information content (AvgIpc) is 2.18. The van der Waals surface area contributed by atoms with E-state index in [1.54, 1.807) is 24.3 Å². The van der Waals surface area contributed by atoms with Crippen LogP contribution in [0.25, 0.3) is 5.76 Å². The highest BCUT2D eigenvalue weighted by Gasteiger charge is 2.08. The molecule has 72 valence electrons. The zero-order chi connectivity index (χ0) is 10.1. The second-order valence-corrected chi connectivity index (χ2v) is 4.34. The van der Waals surface area contributed by atoms with Gasteiger partial charge in [0.15, 0.2) is 0 Å². The molecule has 0 aromatic heterocycles. The number of fused-ring (bicyclic) bond motifs is 1. The molecule has 0 radical (unpaired) electrons. The smallest absolute Gasteiger partial charge is 0.292 e. The molecule has 1 aliphatic rings. The van der Waals surface area contributed by atoms with E-state index in [1.165, 1.54) is 6.21 Å². The molecule has 0 spiro atoms. The lowest BCUT2D eigenvalue weighted by molar-refractivity contribution is 0.267. The Hall–Kier alpha value is -1.62. The third-order valence-corrected chi connectivity index (χ3v) is 3.31. The number of primary amides is 1. The highest BCUT2D eigenvalue weighted by molar-refractivity contribution is 8.21. The van der Waals surface area contributed by atoms with E-state index in [0.717, 1.165) is 0 Å². The van der Waals surface area contributed by atoms with Gasteiger partial charge in [0, 0.05) is 20.4 Å². The van der Waals surface area contributed by atoms with E-state index in [0.29, 0.717) is 9.73 Å². The third kappa shape index (κ3) is 1.31. The molecule has 0 saturated carbocycles. The van der Waals surface area contributed by atoms with Gasteiger partial charge < -0.3 is 10.8 Å². The number of nitrogens with two attached hydrogens (primary N) is 1. The fraction of sp³-hybridized carbons (Fsp3) is 0. The number of aliphatic hydroxyl groups is 1. The van der Waals surface area contributed by atoms with Gasteiger partial charge in [-0.25, -0.2) is 4.40 Å². The van der Waals surface area contributed by atoms with Crippen molar-refractivity contribution < 1.29 is 9.90 Å². The van der Waals surface area contributed by atoms with Gasteiger partial charge in [-0.1, -0.05) is 18.2 Å². The summed E-state index contributed by atoms with van der Waals surface area (Å²) in [6, 6.07) is 7.06. The predicted octanol–water partition coefficient (Wildman–Crippen LogP) is 0.951. The van der Waals surface area contributed by atoms with Gasteiger partial charge in [-0.05, 0) is 6.07 Å². The van der Waals surface area contributed by atoms with E-state index in [4.69, 9.17) is 5.73 Å². The minimum absolute atomic E-state index is 0.0746. The van der Waals surface area contributed by atoms with Crippen LogP contribution < -0.4 is 11.0 Å². The second-order valence-electron chi connectivity index (χ2n) is 2.72. The molecule has 14 heavy (non-hydrogen) atoms. The summed E-state index contributed by atoms with van der Waals surface area (Å²) in [5.41, 5.74) is 5.20. The van der Waals surface area contributed by atoms with Crippen LogP contribution in [0.15, 0.2) is 28.7 Å². The molecule has 1 unspecified atom stereocenters. The molecule has 3 N–H and O–H groups in total. The van der Waals surface area contributed by atoms with Crippen molar-refractivity contribution in [1.82, 2.24) is 0 Å². The number of hydrogen-bond acceptors (Lipinski definition) is 3. The van der Waals surface area contributed by atoms with E-state index in [9.17, 15) is 9.90 Å². The van der Waals surface area contributed by atoms with Gasteiger partial charge in [0.1, 0.15) is 5.76 Å². The van der Waals surface area contributed by atoms with Gasteiger partial charge in [0.2, 0.25) is 0 Å². The van der Waals surface area contributed by atoms with Crippen LogP contribution in [0.2, 0.25) is 0 Å².